The Labute approximate surface area is 95.4 Å². The van der Waals surface area contributed by atoms with Gasteiger partial charge in [0, 0.05) is 23.9 Å². The van der Waals surface area contributed by atoms with E-state index in [-0.39, 0.29) is 6.04 Å². The van der Waals surface area contributed by atoms with Gasteiger partial charge in [0.25, 0.3) is 0 Å². The Morgan fingerprint density at radius 2 is 2.20 bits per heavy atom. The zero-order valence-corrected chi connectivity index (χ0v) is 9.62. The lowest BCUT2D eigenvalue weighted by molar-refractivity contribution is 0.188. The molecule has 0 radical (unpaired) electrons. The first-order chi connectivity index (χ1) is 7.15. The highest BCUT2D eigenvalue weighted by atomic mass is 32.1. The van der Waals surface area contributed by atoms with Gasteiger partial charge in [0.15, 0.2) is 0 Å². The predicted molar refractivity (Wildman–Crippen MR) is 61.6 cm³/mol. The maximum absolute atomic E-state index is 10.5. The van der Waals surface area contributed by atoms with Crippen LogP contribution < -0.4 is 5.32 Å². The summed E-state index contributed by atoms with van der Waals surface area (Å²) in [6, 6.07) is 0.727. The van der Waals surface area contributed by atoms with E-state index < -0.39 is 6.09 Å². The van der Waals surface area contributed by atoms with Crippen LogP contribution in [0.1, 0.15) is 25.7 Å². The van der Waals surface area contributed by atoms with Crippen LogP contribution in [0.5, 0.6) is 0 Å². The van der Waals surface area contributed by atoms with Crippen molar-refractivity contribution >= 4 is 18.7 Å². The molecule has 86 valence electrons. The van der Waals surface area contributed by atoms with E-state index in [1.54, 1.807) is 0 Å². The molecule has 5 heteroatoms. The van der Waals surface area contributed by atoms with Crippen molar-refractivity contribution in [2.45, 2.75) is 43.0 Å². The quantitative estimate of drug-likeness (QED) is 0.624. The topological polar surface area (TPSA) is 52.6 Å². The summed E-state index contributed by atoms with van der Waals surface area (Å²) >= 11 is 4.47. The maximum atomic E-state index is 10.5. The number of rotatable bonds is 2. The molecule has 1 aliphatic carbocycles. The van der Waals surface area contributed by atoms with Gasteiger partial charge in [-0.15, -0.1) is 0 Å². The Bertz CT molecular complexity index is 250. The van der Waals surface area contributed by atoms with Gasteiger partial charge in [-0.3, -0.25) is 4.90 Å². The lowest BCUT2D eigenvalue weighted by Gasteiger charge is -2.23. The van der Waals surface area contributed by atoms with Crippen molar-refractivity contribution < 1.29 is 9.90 Å². The highest BCUT2D eigenvalue weighted by Crippen LogP contribution is 2.28. The molecule has 0 spiro atoms. The molecule has 1 saturated carbocycles. The van der Waals surface area contributed by atoms with E-state index in [0.717, 1.165) is 38.8 Å². The van der Waals surface area contributed by atoms with Crippen LogP contribution in [0.4, 0.5) is 4.79 Å². The molecule has 2 aliphatic rings. The first kappa shape index (κ1) is 11.1. The van der Waals surface area contributed by atoms with Gasteiger partial charge in [-0.05, 0) is 32.2 Å². The Morgan fingerprint density at radius 1 is 1.40 bits per heavy atom. The number of hydrogen-bond donors (Lipinski definition) is 3. The lowest BCUT2D eigenvalue weighted by Crippen LogP contribution is -2.35. The lowest BCUT2D eigenvalue weighted by atomic mass is 10.2. The Balaban J connectivity index is 1.79. The highest BCUT2D eigenvalue weighted by molar-refractivity contribution is 7.81. The molecule has 3 atom stereocenters. The summed E-state index contributed by atoms with van der Waals surface area (Å²) in [7, 11) is 0. The number of carbonyl (C=O) groups is 1. The standard InChI is InChI=1S/C10H18N2O2S/c13-10(14)11-7-1-2-8(5-7)12-4-3-9(15)6-12/h7-9,11,15H,1-6H2,(H,13,14)/t7-,8+,9-/m1/s1. The minimum atomic E-state index is -0.894. The first-order valence-corrected chi connectivity index (χ1v) is 6.08. The Kier molecular flexibility index (Phi) is 3.41. The molecular formula is C10H18N2O2S. The van der Waals surface area contributed by atoms with Crippen LogP contribution >= 0.6 is 12.6 Å². The average Bonchev–Trinajstić information content (AvgIpc) is 2.72. The van der Waals surface area contributed by atoms with Gasteiger partial charge in [-0.1, -0.05) is 0 Å². The van der Waals surface area contributed by atoms with Crippen molar-refractivity contribution in [2.75, 3.05) is 13.1 Å². The van der Waals surface area contributed by atoms with E-state index in [0.29, 0.717) is 11.3 Å². The Hall–Kier alpha value is -0.420. The molecule has 1 aliphatic heterocycles. The normalized spacial score (nSPS) is 37.0. The molecule has 0 aromatic carbocycles. The monoisotopic (exact) mass is 230 g/mol. The van der Waals surface area contributed by atoms with Crippen LogP contribution in [-0.2, 0) is 0 Å². The van der Waals surface area contributed by atoms with Gasteiger partial charge in [-0.2, -0.15) is 12.6 Å². The number of likely N-dealkylation sites (tertiary alicyclic amines) is 1. The van der Waals surface area contributed by atoms with Crippen molar-refractivity contribution in [3.8, 4) is 0 Å². The molecule has 0 aromatic heterocycles. The molecule has 2 fully saturated rings. The maximum Gasteiger partial charge on any atom is 0.404 e. The number of hydrogen-bond acceptors (Lipinski definition) is 3. The van der Waals surface area contributed by atoms with Crippen LogP contribution in [0.25, 0.3) is 0 Å². The molecule has 1 saturated heterocycles. The van der Waals surface area contributed by atoms with Crippen molar-refractivity contribution in [2.24, 2.45) is 0 Å². The van der Waals surface area contributed by atoms with Gasteiger partial charge in [0.05, 0.1) is 0 Å². The number of nitrogens with zero attached hydrogens (tertiary/aromatic N) is 1. The molecule has 0 unspecified atom stereocenters. The van der Waals surface area contributed by atoms with Crippen LogP contribution in [0.3, 0.4) is 0 Å². The third-order valence-electron chi connectivity index (χ3n) is 3.44. The number of nitrogens with one attached hydrogen (secondary N) is 1. The van der Waals surface area contributed by atoms with E-state index in [9.17, 15) is 4.79 Å². The van der Waals surface area contributed by atoms with E-state index in [1.165, 1.54) is 0 Å². The fraction of sp³-hybridized carbons (Fsp3) is 0.900. The highest BCUT2D eigenvalue weighted by Gasteiger charge is 2.33. The van der Waals surface area contributed by atoms with Crippen molar-refractivity contribution in [1.82, 2.24) is 10.2 Å². The molecule has 4 nitrogen and oxygen atoms in total. The minimum Gasteiger partial charge on any atom is -0.465 e. The summed E-state index contributed by atoms with van der Waals surface area (Å²) in [5.74, 6) is 0. The second kappa shape index (κ2) is 4.61. The van der Waals surface area contributed by atoms with Gasteiger partial charge in [0.1, 0.15) is 0 Å². The van der Waals surface area contributed by atoms with Crippen LogP contribution in [0.2, 0.25) is 0 Å². The van der Waals surface area contributed by atoms with E-state index in [4.69, 9.17) is 5.11 Å². The summed E-state index contributed by atoms with van der Waals surface area (Å²) in [5.41, 5.74) is 0. The zero-order chi connectivity index (χ0) is 10.8. The van der Waals surface area contributed by atoms with Crippen molar-refractivity contribution in [1.29, 1.82) is 0 Å². The second-order valence-electron chi connectivity index (χ2n) is 4.55. The predicted octanol–water partition coefficient (Wildman–Crippen LogP) is 1.18. The summed E-state index contributed by atoms with van der Waals surface area (Å²) in [6.07, 6.45) is 3.33. The van der Waals surface area contributed by atoms with Crippen LogP contribution in [0, 0.1) is 0 Å². The Morgan fingerprint density at radius 3 is 2.80 bits per heavy atom. The SMILES string of the molecule is O=C(O)N[C@@H]1CC[C@H](N2CC[C@@H](S)C2)C1. The second-order valence-corrected chi connectivity index (χ2v) is 5.28. The number of thiol groups is 1. The molecule has 2 N–H and O–H groups in total. The van der Waals surface area contributed by atoms with Crippen LogP contribution in [-0.4, -0.2) is 46.5 Å². The molecule has 0 bridgehead atoms. The first-order valence-electron chi connectivity index (χ1n) is 5.56. The van der Waals surface area contributed by atoms with Gasteiger partial charge in [-0.25, -0.2) is 4.79 Å². The smallest absolute Gasteiger partial charge is 0.404 e. The molecule has 0 aromatic rings. The molecule has 2 rings (SSSR count). The summed E-state index contributed by atoms with van der Waals surface area (Å²) < 4.78 is 0. The largest absolute Gasteiger partial charge is 0.465 e. The summed E-state index contributed by atoms with van der Waals surface area (Å²) in [6.45, 7) is 2.19. The van der Waals surface area contributed by atoms with Crippen molar-refractivity contribution in [3.05, 3.63) is 0 Å². The molecule has 15 heavy (non-hydrogen) atoms. The molecular weight excluding hydrogens is 212 g/mol. The molecule has 1 amide bonds. The summed E-state index contributed by atoms with van der Waals surface area (Å²) in [5, 5.41) is 11.7. The van der Waals surface area contributed by atoms with Crippen LogP contribution in [0.15, 0.2) is 0 Å². The van der Waals surface area contributed by atoms with Gasteiger partial charge in [0.2, 0.25) is 0 Å². The minimum absolute atomic E-state index is 0.159. The third kappa shape index (κ3) is 2.78. The number of carboxylic acid groups (broad SMARTS) is 1. The zero-order valence-electron chi connectivity index (χ0n) is 8.72. The van der Waals surface area contributed by atoms with Gasteiger partial charge >= 0.3 is 6.09 Å². The van der Waals surface area contributed by atoms with E-state index in [2.05, 4.69) is 22.8 Å². The van der Waals surface area contributed by atoms with Crippen molar-refractivity contribution in [3.63, 3.8) is 0 Å². The third-order valence-corrected chi connectivity index (χ3v) is 3.87. The molecule has 1 heterocycles. The fourth-order valence-electron chi connectivity index (χ4n) is 2.69. The van der Waals surface area contributed by atoms with E-state index >= 15 is 0 Å². The number of amides is 1. The fourth-order valence-corrected chi connectivity index (χ4v) is 3.02. The summed E-state index contributed by atoms with van der Waals surface area (Å²) in [4.78, 5) is 13.0. The van der Waals surface area contributed by atoms with E-state index in [1.807, 2.05) is 0 Å². The van der Waals surface area contributed by atoms with Gasteiger partial charge < -0.3 is 10.4 Å². The average molecular weight is 230 g/mol.